The lowest BCUT2D eigenvalue weighted by molar-refractivity contribution is 0.414. The van der Waals surface area contributed by atoms with Gasteiger partial charge >= 0.3 is 0 Å². The van der Waals surface area contributed by atoms with Crippen molar-refractivity contribution < 1.29 is 13.2 Å². The van der Waals surface area contributed by atoms with Gasteiger partial charge in [0.25, 0.3) is 0 Å². The van der Waals surface area contributed by atoms with Gasteiger partial charge in [0.05, 0.1) is 33.9 Å². The number of nitrogen functional groups attached to an aromatic ring is 1. The average molecular weight is 494 g/mol. The molecule has 11 heteroatoms. The molecule has 0 bridgehead atoms. The number of nitrogens with zero attached hydrogens (tertiary/aromatic N) is 4. The maximum Gasteiger partial charge on any atom is 0.227 e. The summed E-state index contributed by atoms with van der Waals surface area (Å²) < 4.78 is 31.1. The van der Waals surface area contributed by atoms with Crippen molar-refractivity contribution in [2.24, 2.45) is 0 Å². The van der Waals surface area contributed by atoms with Gasteiger partial charge in [0.1, 0.15) is 16.5 Å². The third-order valence-electron chi connectivity index (χ3n) is 5.25. The third kappa shape index (κ3) is 4.28. The van der Waals surface area contributed by atoms with Crippen LogP contribution in [-0.4, -0.2) is 51.7 Å². The van der Waals surface area contributed by atoms with Crippen molar-refractivity contribution in [3.8, 4) is 5.75 Å². The summed E-state index contributed by atoms with van der Waals surface area (Å²) in [6, 6.07) is 11.9. The lowest BCUT2D eigenvalue weighted by Gasteiger charge is -2.36. The molecule has 1 saturated heterocycles. The van der Waals surface area contributed by atoms with E-state index in [9.17, 15) is 8.42 Å². The molecule has 32 heavy (non-hydrogen) atoms. The molecule has 0 spiro atoms. The number of hydrogen-bond acceptors (Lipinski definition) is 8. The molecular formula is C21H21Cl2N5O3S. The molecule has 0 aliphatic carbocycles. The van der Waals surface area contributed by atoms with E-state index in [2.05, 4.69) is 14.9 Å². The van der Waals surface area contributed by atoms with Crippen LogP contribution in [0.25, 0.3) is 0 Å². The predicted octanol–water partition coefficient (Wildman–Crippen LogP) is 3.53. The number of rotatable bonds is 5. The van der Waals surface area contributed by atoms with Crippen molar-refractivity contribution in [1.29, 1.82) is 0 Å². The minimum atomic E-state index is -3.95. The first-order valence-electron chi connectivity index (χ1n) is 9.77. The predicted molar refractivity (Wildman–Crippen MR) is 126 cm³/mol. The topological polar surface area (TPSA) is 102 Å². The summed E-state index contributed by atoms with van der Waals surface area (Å²) in [5.74, 6) is 0.643. The summed E-state index contributed by atoms with van der Waals surface area (Å²) in [7, 11) is -2.49. The van der Waals surface area contributed by atoms with E-state index in [0.29, 0.717) is 29.8 Å². The zero-order chi connectivity index (χ0) is 22.9. The second kappa shape index (κ2) is 9.01. The molecule has 1 fully saturated rings. The van der Waals surface area contributed by atoms with E-state index in [1.807, 2.05) is 29.2 Å². The molecule has 1 aliphatic heterocycles. The molecule has 168 valence electrons. The second-order valence-electron chi connectivity index (χ2n) is 7.14. The molecule has 2 aromatic carbocycles. The molecular weight excluding hydrogens is 473 g/mol. The zero-order valence-corrected chi connectivity index (χ0v) is 19.5. The number of aromatic nitrogens is 2. The lowest BCUT2D eigenvalue weighted by atomic mass is 10.2. The van der Waals surface area contributed by atoms with Gasteiger partial charge in [-0.1, -0.05) is 35.3 Å². The van der Waals surface area contributed by atoms with Gasteiger partial charge in [0.2, 0.25) is 15.8 Å². The Hall–Kier alpha value is -2.75. The zero-order valence-electron chi connectivity index (χ0n) is 17.2. The number of halogens is 2. The summed E-state index contributed by atoms with van der Waals surface area (Å²) in [5, 5.41) is 0.885. The molecule has 0 radical (unpaired) electrons. The van der Waals surface area contributed by atoms with Gasteiger partial charge in [-0.05, 0) is 30.3 Å². The van der Waals surface area contributed by atoms with Gasteiger partial charge in [0.15, 0.2) is 0 Å². The smallest absolute Gasteiger partial charge is 0.227 e. The first-order valence-corrected chi connectivity index (χ1v) is 12.0. The van der Waals surface area contributed by atoms with Crippen LogP contribution in [0.15, 0.2) is 58.5 Å². The van der Waals surface area contributed by atoms with Crippen LogP contribution in [0.5, 0.6) is 5.75 Å². The summed E-state index contributed by atoms with van der Waals surface area (Å²) in [6.45, 7) is 2.73. The van der Waals surface area contributed by atoms with E-state index in [-0.39, 0.29) is 20.6 Å². The number of sulfone groups is 1. The van der Waals surface area contributed by atoms with Crippen LogP contribution in [-0.2, 0) is 9.84 Å². The fourth-order valence-electron chi connectivity index (χ4n) is 3.53. The molecule has 3 aromatic rings. The van der Waals surface area contributed by atoms with E-state index in [0.717, 1.165) is 18.8 Å². The number of nitrogens with two attached hydrogens (primary N) is 1. The Labute approximate surface area is 196 Å². The normalized spacial score (nSPS) is 14.5. The monoisotopic (exact) mass is 493 g/mol. The quantitative estimate of drug-likeness (QED) is 0.575. The summed E-state index contributed by atoms with van der Waals surface area (Å²) in [6.07, 6.45) is 1.24. The number of piperazine rings is 1. The van der Waals surface area contributed by atoms with Gasteiger partial charge in [-0.15, -0.1) is 0 Å². The first kappa shape index (κ1) is 22.4. The van der Waals surface area contributed by atoms with Gasteiger partial charge in [-0.3, -0.25) is 0 Å². The Balaban J connectivity index is 1.53. The van der Waals surface area contributed by atoms with Crippen LogP contribution < -0.4 is 20.3 Å². The van der Waals surface area contributed by atoms with Crippen LogP contribution in [0.2, 0.25) is 10.0 Å². The van der Waals surface area contributed by atoms with E-state index in [1.165, 1.54) is 31.5 Å². The van der Waals surface area contributed by atoms with Crippen molar-refractivity contribution >= 4 is 50.5 Å². The molecule has 0 atom stereocenters. The van der Waals surface area contributed by atoms with Crippen molar-refractivity contribution in [1.82, 2.24) is 9.97 Å². The number of ether oxygens (including phenoxy) is 1. The third-order valence-corrected chi connectivity index (χ3v) is 7.63. The highest BCUT2D eigenvalue weighted by Crippen LogP contribution is 2.32. The molecule has 1 aromatic heterocycles. The standard InChI is InChI=1S/C21H21Cl2N5O3S/c1-31-18-7-6-14(12-16(18)23)32(29,30)19-13-25-21(26-20(19)24)28-10-8-27(9-11-28)17-5-3-2-4-15(17)22/h2-7,12-13H,8-11H2,1H3,(H2,24,25,26). The van der Waals surface area contributed by atoms with Crippen LogP contribution in [0.1, 0.15) is 0 Å². The minimum Gasteiger partial charge on any atom is -0.495 e. The maximum atomic E-state index is 13.0. The Morgan fingerprint density at radius 3 is 2.31 bits per heavy atom. The summed E-state index contributed by atoms with van der Waals surface area (Å²) in [4.78, 5) is 12.5. The van der Waals surface area contributed by atoms with Crippen LogP contribution in [0.4, 0.5) is 17.5 Å². The highest BCUT2D eigenvalue weighted by atomic mass is 35.5. The van der Waals surface area contributed by atoms with E-state index in [4.69, 9.17) is 33.7 Å². The first-order chi connectivity index (χ1) is 15.3. The van der Waals surface area contributed by atoms with Crippen LogP contribution >= 0.6 is 23.2 Å². The number of para-hydroxylation sites is 1. The van der Waals surface area contributed by atoms with E-state index >= 15 is 0 Å². The molecule has 2 N–H and O–H groups in total. The number of benzene rings is 2. The van der Waals surface area contributed by atoms with Gasteiger partial charge in [0, 0.05) is 26.2 Å². The van der Waals surface area contributed by atoms with Crippen molar-refractivity contribution in [2.75, 3.05) is 48.8 Å². The van der Waals surface area contributed by atoms with Crippen molar-refractivity contribution in [3.63, 3.8) is 0 Å². The molecule has 4 rings (SSSR count). The van der Waals surface area contributed by atoms with Crippen molar-refractivity contribution in [3.05, 3.63) is 58.7 Å². The van der Waals surface area contributed by atoms with Crippen LogP contribution in [0, 0.1) is 0 Å². The molecule has 1 aliphatic rings. The molecule has 0 saturated carbocycles. The molecule has 0 amide bonds. The van der Waals surface area contributed by atoms with E-state index in [1.54, 1.807) is 0 Å². The van der Waals surface area contributed by atoms with Crippen molar-refractivity contribution in [2.45, 2.75) is 9.79 Å². The second-order valence-corrected chi connectivity index (χ2v) is 9.88. The Bertz CT molecular complexity index is 1250. The SMILES string of the molecule is COc1ccc(S(=O)(=O)c2cnc(N3CCN(c4ccccc4Cl)CC3)nc2N)cc1Cl. The molecule has 2 heterocycles. The largest absolute Gasteiger partial charge is 0.495 e. The van der Waals surface area contributed by atoms with Gasteiger partial charge in [-0.2, -0.15) is 4.98 Å². The average Bonchev–Trinajstić information content (AvgIpc) is 2.79. The Kier molecular flexibility index (Phi) is 6.32. The lowest BCUT2D eigenvalue weighted by Crippen LogP contribution is -2.47. The number of methoxy groups -OCH3 is 1. The van der Waals surface area contributed by atoms with Crippen LogP contribution in [0.3, 0.4) is 0 Å². The fourth-order valence-corrected chi connectivity index (χ4v) is 5.39. The Morgan fingerprint density at radius 2 is 1.69 bits per heavy atom. The maximum absolute atomic E-state index is 13.0. The minimum absolute atomic E-state index is 0.0142. The van der Waals surface area contributed by atoms with Gasteiger partial charge in [-0.25, -0.2) is 13.4 Å². The summed E-state index contributed by atoms with van der Waals surface area (Å²) in [5.41, 5.74) is 7.02. The van der Waals surface area contributed by atoms with Gasteiger partial charge < -0.3 is 20.3 Å². The number of hydrogen-bond donors (Lipinski definition) is 1. The van der Waals surface area contributed by atoms with E-state index < -0.39 is 9.84 Å². The Morgan fingerprint density at radius 1 is 1.00 bits per heavy atom. The highest BCUT2D eigenvalue weighted by molar-refractivity contribution is 7.91. The summed E-state index contributed by atoms with van der Waals surface area (Å²) >= 11 is 12.4. The number of anilines is 3. The molecule has 8 nitrogen and oxygen atoms in total. The molecule has 0 unspecified atom stereocenters. The fraction of sp³-hybridized carbons (Fsp3) is 0.238. The highest BCUT2D eigenvalue weighted by Gasteiger charge is 2.26.